The lowest BCUT2D eigenvalue weighted by Gasteiger charge is -2.21. The van der Waals surface area contributed by atoms with Gasteiger partial charge in [-0.1, -0.05) is 330 Å². The van der Waals surface area contributed by atoms with Gasteiger partial charge in [-0.15, -0.1) is 0 Å². The maximum atomic E-state index is 13.1. The molecule has 0 radical (unpaired) electrons. The summed E-state index contributed by atoms with van der Waals surface area (Å²) in [5, 5.41) is 10.6. The molecule has 19 heteroatoms. The molecule has 0 heterocycles. The third kappa shape index (κ3) is 66.7. The molecule has 0 rings (SSSR count). The molecule has 0 fully saturated rings. The Morgan fingerprint density at radius 3 is 0.739 bits per heavy atom. The first-order valence-corrected chi connectivity index (χ1v) is 41.1. The highest BCUT2D eigenvalue weighted by Gasteiger charge is 2.30. The molecule has 0 amide bonds. The zero-order valence-electron chi connectivity index (χ0n) is 59.7. The zero-order chi connectivity index (χ0) is 67.7. The minimum Gasteiger partial charge on any atom is -0.462 e. The molecule has 17 nitrogen and oxygen atoms in total. The zero-order valence-corrected chi connectivity index (χ0v) is 61.5. The first kappa shape index (κ1) is 90.1. The number of hydrogen-bond donors (Lipinski definition) is 3. The molecule has 0 aromatic rings. The number of hydrogen-bond acceptors (Lipinski definition) is 15. The molecule has 0 saturated heterocycles. The lowest BCUT2D eigenvalue weighted by molar-refractivity contribution is -0.161. The number of phosphoric ester groups is 2. The van der Waals surface area contributed by atoms with Crippen LogP contribution in [0.4, 0.5) is 0 Å². The number of aliphatic hydroxyl groups is 1. The van der Waals surface area contributed by atoms with E-state index in [-0.39, 0.29) is 25.7 Å². The monoisotopic (exact) mass is 1350 g/mol. The summed E-state index contributed by atoms with van der Waals surface area (Å²) in [7, 11) is -9.90. The molecule has 0 bridgehead atoms. The molecule has 0 spiro atoms. The van der Waals surface area contributed by atoms with Gasteiger partial charge in [-0.05, 0) is 31.6 Å². The molecule has 546 valence electrons. The first-order chi connectivity index (χ1) is 44.5. The van der Waals surface area contributed by atoms with E-state index in [9.17, 15) is 43.2 Å². The van der Waals surface area contributed by atoms with E-state index in [1.807, 2.05) is 0 Å². The van der Waals surface area contributed by atoms with Crippen LogP contribution in [0.2, 0.25) is 0 Å². The summed E-state index contributed by atoms with van der Waals surface area (Å²) in [6.45, 7) is 7.25. The van der Waals surface area contributed by atoms with Gasteiger partial charge in [0.05, 0.1) is 26.4 Å². The molecule has 0 aromatic heterocycles. The van der Waals surface area contributed by atoms with Crippen molar-refractivity contribution in [1.82, 2.24) is 0 Å². The van der Waals surface area contributed by atoms with Crippen LogP contribution in [0.25, 0.3) is 0 Å². The van der Waals surface area contributed by atoms with Crippen LogP contribution >= 0.6 is 15.6 Å². The number of esters is 4. The summed E-state index contributed by atoms with van der Waals surface area (Å²) in [6.07, 6.45) is 54.2. The average Bonchev–Trinajstić information content (AvgIpc) is 1.58. The minimum atomic E-state index is -4.95. The summed E-state index contributed by atoms with van der Waals surface area (Å²) in [5.41, 5.74) is 0. The first-order valence-electron chi connectivity index (χ1n) is 38.1. The molecule has 92 heavy (non-hydrogen) atoms. The van der Waals surface area contributed by atoms with Crippen molar-refractivity contribution >= 4 is 39.5 Å². The number of rotatable bonds is 73. The Morgan fingerprint density at radius 2 is 0.500 bits per heavy atom. The fourth-order valence-corrected chi connectivity index (χ4v) is 12.8. The topological polar surface area (TPSA) is 237 Å². The van der Waals surface area contributed by atoms with E-state index < -0.39 is 97.5 Å². The molecule has 0 saturated carbocycles. The molecule has 3 N–H and O–H groups in total. The standard InChI is InChI=1S/C73H142O17P2/c1-6-9-12-15-18-21-22-23-24-25-26-27-32-35-39-44-49-54-59-73(78)90-69(63-84-71(76)57-52-47-42-38-34-31-29-28-30-33-37-40-45-50-55-66(4)5)65-88-92(81,82)86-61-67(74)60-85-91(79,80)87-64-68(62-83-70(75)56-51-46-41-20-17-14-11-8-3)89-72(77)58-53-48-43-36-19-16-13-10-7-2/h66-69,74H,6-65H2,1-5H3,(H,79,80)(H,81,82)/t67-,68+,69+/m0/s1. The highest BCUT2D eigenvalue weighted by Crippen LogP contribution is 2.45. The maximum absolute atomic E-state index is 13.1. The van der Waals surface area contributed by atoms with Crippen molar-refractivity contribution in [2.75, 3.05) is 39.6 Å². The highest BCUT2D eigenvalue weighted by molar-refractivity contribution is 7.47. The van der Waals surface area contributed by atoms with Crippen molar-refractivity contribution in [3.63, 3.8) is 0 Å². The van der Waals surface area contributed by atoms with Crippen LogP contribution in [0.15, 0.2) is 0 Å². The van der Waals surface area contributed by atoms with E-state index in [2.05, 4.69) is 34.6 Å². The Balaban J connectivity index is 5.18. The molecule has 0 aliphatic carbocycles. The van der Waals surface area contributed by atoms with Crippen molar-refractivity contribution in [2.45, 2.75) is 400 Å². The van der Waals surface area contributed by atoms with Gasteiger partial charge >= 0.3 is 39.5 Å². The van der Waals surface area contributed by atoms with E-state index in [0.29, 0.717) is 25.7 Å². The fourth-order valence-electron chi connectivity index (χ4n) is 11.2. The van der Waals surface area contributed by atoms with E-state index in [0.717, 1.165) is 102 Å². The predicted octanol–water partition coefficient (Wildman–Crippen LogP) is 21.3. The molecule has 2 unspecified atom stereocenters. The van der Waals surface area contributed by atoms with Crippen LogP contribution in [0.1, 0.15) is 381 Å². The number of phosphoric acid groups is 2. The number of carbonyl (C=O) groups excluding carboxylic acids is 4. The third-order valence-corrected chi connectivity index (χ3v) is 18.9. The SMILES string of the molecule is CCCCCCCCCCCCCCCCCCCCC(=O)O[C@H](COC(=O)CCCCCCCCCCCCCCCCC(C)C)COP(=O)(O)OC[C@@H](O)COP(=O)(O)OC[C@@H](COC(=O)CCCCCCCCCC)OC(=O)CCCCCCCCCCC. The fraction of sp³-hybridized carbons (Fsp3) is 0.945. The summed E-state index contributed by atoms with van der Waals surface area (Å²) in [5.74, 6) is -1.32. The summed E-state index contributed by atoms with van der Waals surface area (Å²) >= 11 is 0. The molecular weight excluding hydrogens is 1210 g/mol. The van der Waals surface area contributed by atoms with Crippen LogP contribution in [0.5, 0.6) is 0 Å². The van der Waals surface area contributed by atoms with Crippen LogP contribution < -0.4 is 0 Å². The van der Waals surface area contributed by atoms with Crippen LogP contribution in [-0.4, -0.2) is 96.7 Å². The van der Waals surface area contributed by atoms with Crippen molar-refractivity contribution in [1.29, 1.82) is 0 Å². The van der Waals surface area contributed by atoms with Gasteiger partial charge in [-0.3, -0.25) is 37.3 Å². The number of carbonyl (C=O) groups is 4. The summed E-state index contributed by atoms with van der Waals surface area (Å²) in [4.78, 5) is 72.5. The highest BCUT2D eigenvalue weighted by atomic mass is 31.2. The van der Waals surface area contributed by atoms with Crippen molar-refractivity contribution in [3.8, 4) is 0 Å². The number of unbranched alkanes of at least 4 members (excludes halogenated alkanes) is 45. The minimum absolute atomic E-state index is 0.106. The van der Waals surface area contributed by atoms with Crippen LogP contribution in [0.3, 0.4) is 0 Å². The molecule has 5 atom stereocenters. The van der Waals surface area contributed by atoms with Gasteiger partial charge in [0.15, 0.2) is 12.2 Å². The number of aliphatic hydroxyl groups excluding tert-OH is 1. The Kier molecular flexibility index (Phi) is 64.9. The smallest absolute Gasteiger partial charge is 0.462 e. The van der Waals surface area contributed by atoms with Crippen LogP contribution in [0, 0.1) is 5.92 Å². The van der Waals surface area contributed by atoms with Crippen LogP contribution in [-0.2, 0) is 65.4 Å². The second-order valence-corrected chi connectivity index (χ2v) is 29.7. The Hall–Kier alpha value is -1.94. The predicted molar refractivity (Wildman–Crippen MR) is 372 cm³/mol. The van der Waals surface area contributed by atoms with E-state index in [1.165, 1.54) is 199 Å². The van der Waals surface area contributed by atoms with Crippen molar-refractivity contribution in [3.05, 3.63) is 0 Å². The van der Waals surface area contributed by atoms with Gasteiger partial charge in [-0.2, -0.15) is 0 Å². The second-order valence-electron chi connectivity index (χ2n) is 26.8. The van der Waals surface area contributed by atoms with Gasteiger partial charge in [0, 0.05) is 25.7 Å². The largest absolute Gasteiger partial charge is 0.472 e. The van der Waals surface area contributed by atoms with Gasteiger partial charge in [0.1, 0.15) is 19.3 Å². The lowest BCUT2D eigenvalue weighted by Crippen LogP contribution is -2.30. The van der Waals surface area contributed by atoms with Gasteiger partial charge < -0.3 is 33.8 Å². The Labute approximate surface area is 562 Å². The van der Waals surface area contributed by atoms with Gasteiger partial charge in [0.2, 0.25) is 0 Å². The van der Waals surface area contributed by atoms with Gasteiger partial charge in [-0.25, -0.2) is 9.13 Å². The normalized spacial score (nSPS) is 14.0. The van der Waals surface area contributed by atoms with E-state index >= 15 is 0 Å². The number of ether oxygens (including phenoxy) is 4. The van der Waals surface area contributed by atoms with Crippen molar-refractivity contribution in [2.24, 2.45) is 5.92 Å². The molecule has 0 aliphatic rings. The van der Waals surface area contributed by atoms with Gasteiger partial charge in [0.25, 0.3) is 0 Å². The molecule has 0 aromatic carbocycles. The summed E-state index contributed by atoms with van der Waals surface area (Å²) in [6, 6.07) is 0. The second kappa shape index (κ2) is 66.3. The lowest BCUT2D eigenvalue weighted by atomic mass is 10.0. The van der Waals surface area contributed by atoms with Crippen molar-refractivity contribution < 1.29 is 80.2 Å². The molecular formula is C73H142O17P2. The van der Waals surface area contributed by atoms with E-state index in [1.54, 1.807) is 0 Å². The maximum Gasteiger partial charge on any atom is 0.472 e. The van der Waals surface area contributed by atoms with E-state index in [4.69, 9.17) is 37.0 Å². The average molecular weight is 1350 g/mol. The Bertz CT molecular complexity index is 1770. The third-order valence-electron chi connectivity index (χ3n) is 17.0. The molecule has 0 aliphatic heterocycles. The quantitative estimate of drug-likeness (QED) is 0.0222. The summed E-state index contributed by atoms with van der Waals surface area (Å²) < 4.78 is 68.3. The Morgan fingerprint density at radius 1 is 0.293 bits per heavy atom.